The highest BCUT2D eigenvalue weighted by atomic mass is 16.5. The third-order valence-electron chi connectivity index (χ3n) is 1.20. The van der Waals surface area contributed by atoms with Gasteiger partial charge >= 0.3 is 0 Å². The van der Waals surface area contributed by atoms with Gasteiger partial charge in [-0.2, -0.15) is 0 Å². The van der Waals surface area contributed by atoms with E-state index in [2.05, 4.69) is 0 Å². The fourth-order valence-corrected chi connectivity index (χ4v) is 0.527. The summed E-state index contributed by atoms with van der Waals surface area (Å²) >= 11 is 0. The van der Waals surface area contributed by atoms with Gasteiger partial charge in [-0.25, -0.2) is 0 Å². The second kappa shape index (κ2) is 1.64. The average Bonchev–Trinajstić information content (AvgIpc) is 1.23. The normalized spacial score (nSPS) is 28.1. The Bertz CT molecular complexity index is 88.1. The van der Waals surface area contributed by atoms with Crippen molar-refractivity contribution in [2.45, 2.75) is 12.5 Å². The summed E-state index contributed by atoms with van der Waals surface area (Å²) in [4.78, 5) is 0. The molecule has 0 fully saturated rings. The lowest BCUT2D eigenvalue weighted by atomic mass is 10.1. The number of rotatable bonds is 1. The molecule has 0 aromatic rings. The van der Waals surface area contributed by atoms with Gasteiger partial charge in [0.05, 0.1) is 0 Å². The van der Waals surface area contributed by atoms with Crippen molar-refractivity contribution >= 4 is 0 Å². The molecule has 0 bridgehead atoms. The van der Waals surface area contributed by atoms with E-state index in [1.807, 2.05) is 12.2 Å². The van der Waals surface area contributed by atoms with Crippen LogP contribution in [0, 0.1) is 5.21 Å². The van der Waals surface area contributed by atoms with E-state index in [4.69, 9.17) is 0 Å². The zero-order chi connectivity index (χ0) is 5.28. The van der Waals surface area contributed by atoms with E-state index < -0.39 is 0 Å². The van der Waals surface area contributed by atoms with Crippen molar-refractivity contribution in [1.29, 1.82) is 0 Å². The molecule has 0 aromatic heterocycles. The predicted octanol–water partition coefficient (Wildman–Crippen LogP) is 0.745. The molecule has 40 valence electrons. The van der Waals surface area contributed by atoms with Crippen LogP contribution in [0.1, 0.15) is 6.42 Å². The van der Waals surface area contributed by atoms with Crippen LogP contribution in [-0.2, 0) is 0 Å². The first kappa shape index (κ1) is 4.81. The number of likely N-dealkylation sites (N-methyl/N-ethyl adjacent to an activating group) is 1. The van der Waals surface area contributed by atoms with Crippen LogP contribution in [0.3, 0.4) is 0 Å². The maximum absolute atomic E-state index is 10.3. The molecule has 0 heterocycles. The van der Waals surface area contributed by atoms with Gasteiger partial charge < -0.3 is 10.3 Å². The van der Waals surface area contributed by atoms with Crippen LogP contribution >= 0.6 is 0 Å². The van der Waals surface area contributed by atoms with E-state index in [0.717, 1.165) is 11.5 Å². The summed E-state index contributed by atoms with van der Waals surface area (Å²) in [5.74, 6) is 0. The quantitative estimate of drug-likeness (QED) is 0.357. The molecule has 0 radical (unpaired) electrons. The second-order valence-corrected chi connectivity index (χ2v) is 1.78. The summed E-state index contributed by atoms with van der Waals surface area (Å²) in [5.41, 5.74) is 0. The average molecular weight is 98.1 g/mol. The van der Waals surface area contributed by atoms with Gasteiger partial charge in [0.15, 0.2) is 0 Å². The smallest absolute Gasteiger partial charge is 0.0193 e. The zero-order valence-corrected chi connectivity index (χ0v) is 4.29. The van der Waals surface area contributed by atoms with Crippen molar-refractivity contribution < 1.29 is 0 Å². The number of hydrogen-bond acceptors (Lipinski definition) is 2. The first-order chi connectivity index (χ1) is 3.30. The molecule has 2 nitrogen and oxygen atoms in total. The molecule has 1 aliphatic rings. The van der Waals surface area contributed by atoms with Gasteiger partial charge in [-0.15, -0.1) is 0 Å². The zero-order valence-electron chi connectivity index (χ0n) is 4.29. The van der Waals surface area contributed by atoms with Crippen LogP contribution < -0.4 is 0 Å². The Hall–Kier alpha value is -0.340. The van der Waals surface area contributed by atoms with Gasteiger partial charge in [-0.1, -0.05) is 12.2 Å². The van der Waals surface area contributed by atoms with Crippen LogP contribution in [0.25, 0.3) is 0 Å². The number of hydrogen-bond donors (Lipinski definition) is 0. The summed E-state index contributed by atoms with van der Waals surface area (Å²) in [6, 6.07) is 0.181. The fraction of sp³-hybridized carbons (Fsp3) is 0.600. The molecule has 0 saturated heterocycles. The van der Waals surface area contributed by atoms with Crippen molar-refractivity contribution in [2.75, 3.05) is 7.05 Å². The van der Waals surface area contributed by atoms with Gasteiger partial charge in [0.1, 0.15) is 0 Å². The summed E-state index contributed by atoms with van der Waals surface area (Å²) in [6.45, 7) is 0. The van der Waals surface area contributed by atoms with Crippen molar-refractivity contribution in [3.05, 3.63) is 17.4 Å². The summed E-state index contributed by atoms with van der Waals surface area (Å²) in [7, 11) is 1.55. The number of nitrogens with zero attached hydrogens (tertiary/aromatic N) is 1. The van der Waals surface area contributed by atoms with Gasteiger partial charge in [0.25, 0.3) is 0 Å². The van der Waals surface area contributed by atoms with Crippen LogP contribution in [-0.4, -0.2) is 18.2 Å². The van der Waals surface area contributed by atoms with Gasteiger partial charge in [0, 0.05) is 6.04 Å². The summed E-state index contributed by atoms with van der Waals surface area (Å²) in [6.07, 6.45) is 4.84. The van der Waals surface area contributed by atoms with Crippen molar-refractivity contribution in [2.24, 2.45) is 0 Å². The first-order valence-electron chi connectivity index (χ1n) is 2.37. The molecule has 0 aliphatic heterocycles. The third-order valence-corrected chi connectivity index (χ3v) is 1.20. The van der Waals surface area contributed by atoms with E-state index in [0.29, 0.717) is 0 Å². The Morgan fingerprint density at radius 1 is 1.86 bits per heavy atom. The van der Waals surface area contributed by atoms with Crippen molar-refractivity contribution in [3.63, 3.8) is 0 Å². The monoisotopic (exact) mass is 98.1 g/mol. The highest BCUT2D eigenvalue weighted by molar-refractivity contribution is 5.07. The standard InChI is InChI=1S/C5H8NO/c1-6(7)5-3-2-4-5/h2-3,5H,4H2,1H3/q-1. The maximum Gasteiger partial charge on any atom is 0.0193 e. The summed E-state index contributed by atoms with van der Waals surface area (Å²) < 4.78 is 0. The van der Waals surface area contributed by atoms with Crippen molar-refractivity contribution in [3.8, 4) is 0 Å². The minimum Gasteiger partial charge on any atom is -0.785 e. The Balaban J connectivity index is 2.29. The van der Waals surface area contributed by atoms with Crippen molar-refractivity contribution in [1.82, 2.24) is 5.06 Å². The third kappa shape index (κ3) is 0.813. The fourth-order valence-electron chi connectivity index (χ4n) is 0.527. The minimum atomic E-state index is 0.181. The lowest BCUT2D eigenvalue weighted by Gasteiger charge is -2.34. The van der Waals surface area contributed by atoms with Gasteiger partial charge in [-0.3, -0.25) is 0 Å². The first-order valence-corrected chi connectivity index (χ1v) is 2.37. The van der Waals surface area contributed by atoms with E-state index in [1.54, 1.807) is 7.05 Å². The second-order valence-electron chi connectivity index (χ2n) is 1.78. The topological polar surface area (TPSA) is 26.3 Å². The van der Waals surface area contributed by atoms with E-state index in [9.17, 15) is 5.21 Å². The van der Waals surface area contributed by atoms with Gasteiger partial charge in [-0.05, 0) is 13.5 Å². The lowest BCUT2D eigenvalue weighted by Crippen LogP contribution is -2.27. The molecule has 0 N–H and O–H groups in total. The van der Waals surface area contributed by atoms with E-state index in [-0.39, 0.29) is 6.04 Å². The Morgan fingerprint density at radius 2 is 2.43 bits per heavy atom. The molecule has 2 heteroatoms. The van der Waals surface area contributed by atoms with E-state index in [1.165, 1.54) is 0 Å². The Morgan fingerprint density at radius 3 is 2.43 bits per heavy atom. The lowest BCUT2D eigenvalue weighted by molar-refractivity contribution is 0.367. The Kier molecular flexibility index (Phi) is 1.13. The molecule has 0 saturated carbocycles. The van der Waals surface area contributed by atoms with Gasteiger partial charge in [0.2, 0.25) is 0 Å². The molecule has 1 aliphatic carbocycles. The molecular formula is C5H8NO-. The summed E-state index contributed by atoms with van der Waals surface area (Å²) in [5, 5.41) is 11.3. The molecule has 0 aromatic carbocycles. The predicted molar refractivity (Wildman–Crippen MR) is 28.7 cm³/mol. The molecule has 0 amide bonds. The molecule has 1 unspecified atom stereocenters. The molecule has 1 rings (SSSR count). The highest BCUT2D eigenvalue weighted by Crippen LogP contribution is 2.11. The Labute approximate surface area is 43.0 Å². The van der Waals surface area contributed by atoms with Crippen LogP contribution in [0.5, 0.6) is 0 Å². The number of hydroxylamine groups is 2. The van der Waals surface area contributed by atoms with Crippen LogP contribution in [0.2, 0.25) is 0 Å². The van der Waals surface area contributed by atoms with E-state index >= 15 is 0 Å². The molecular weight excluding hydrogens is 90.1 g/mol. The highest BCUT2D eigenvalue weighted by Gasteiger charge is 2.06. The maximum atomic E-state index is 10.3. The molecule has 7 heavy (non-hydrogen) atoms. The van der Waals surface area contributed by atoms with Crippen LogP contribution in [0.4, 0.5) is 0 Å². The van der Waals surface area contributed by atoms with Crippen LogP contribution in [0.15, 0.2) is 12.2 Å². The molecule has 1 atom stereocenters. The SMILES string of the molecule is CN([O-])C1C=CC1. The largest absolute Gasteiger partial charge is 0.785 e. The minimum absolute atomic E-state index is 0.181. The molecule has 0 spiro atoms.